The van der Waals surface area contributed by atoms with Crippen molar-refractivity contribution in [3.63, 3.8) is 0 Å². The molecule has 0 spiro atoms. The first-order valence-electron chi connectivity index (χ1n) is 15.9. The van der Waals surface area contributed by atoms with Crippen molar-refractivity contribution in [2.45, 2.75) is 117 Å². The van der Waals surface area contributed by atoms with Gasteiger partial charge in [0.15, 0.2) is 0 Å². The Morgan fingerprint density at radius 3 is 2.39 bits per heavy atom. The van der Waals surface area contributed by atoms with Gasteiger partial charge in [-0.2, -0.15) is 0 Å². The Hall–Kier alpha value is -1.08. The summed E-state index contributed by atoms with van der Waals surface area (Å²) in [6.07, 6.45) is 23.0. The van der Waals surface area contributed by atoms with Crippen LogP contribution in [0.25, 0.3) is 0 Å². The summed E-state index contributed by atoms with van der Waals surface area (Å²) in [6, 6.07) is 6.99. The van der Waals surface area contributed by atoms with Crippen molar-refractivity contribution in [1.29, 1.82) is 0 Å². The lowest BCUT2D eigenvalue weighted by molar-refractivity contribution is -0.0592. The SMILES string of the molecule is Cc1ccc2c(c1)CC(O[C@@H]1CCC3C(C=CC4[C@H]5CC[C@@H](C(C)CCCC(C)C)C5CC[C@@H]34)C1)C2. The minimum atomic E-state index is 0.414. The first-order valence-corrected chi connectivity index (χ1v) is 15.9. The Balaban J connectivity index is 1.04. The average Bonchev–Trinajstić information content (AvgIpc) is 3.46. The van der Waals surface area contributed by atoms with Crippen LogP contribution in [-0.4, -0.2) is 12.2 Å². The highest BCUT2D eigenvalue weighted by molar-refractivity contribution is 5.36. The number of fused-ring (bicyclic) bond motifs is 6. The minimum Gasteiger partial charge on any atom is -0.374 e. The molecule has 0 saturated heterocycles. The van der Waals surface area contributed by atoms with Gasteiger partial charge in [-0.25, -0.2) is 0 Å². The molecular weight excluding hydrogens is 436 g/mol. The molecule has 6 rings (SSSR count). The van der Waals surface area contributed by atoms with E-state index in [9.17, 15) is 0 Å². The summed E-state index contributed by atoms with van der Waals surface area (Å²) in [5, 5.41) is 0. The molecule has 1 heteroatoms. The predicted octanol–water partition coefficient (Wildman–Crippen LogP) is 8.96. The normalized spacial score (nSPS) is 40.0. The molecule has 5 aliphatic carbocycles. The summed E-state index contributed by atoms with van der Waals surface area (Å²) in [7, 11) is 0. The average molecular weight is 489 g/mol. The fraction of sp³-hybridized carbons (Fsp3) is 0.771. The van der Waals surface area contributed by atoms with E-state index >= 15 is 0 Å². The molecule has 1 aromatic rings. The van der Waals surface area contributed by atoms with Crippen LogP contribution in [0.4, 0.5) is 0 Å². The van der Waals surface area contributed by atoms with Gasteiger partial charge in [0.25, 0.3) is 0 Å². The summed E-state index contributed by atoms with van der Waals surface area (Å²) in [5.74, 6) is 8.40. The van der Waals surface area contributed by atoms with E-state index in [0.29, 0.717) is 12.2 Å². The van der Waals surface area contributed by atoms with Gasteiger partial charge < -0.3 is 4.74 Å². The van der Waals surface area contributed by atoms with E-state index in [1.165, 1.54) is 80.9 Å². The molecule has 0 radical (unpaired) electrons. The maximum absolute atomic E-state index is 6.78. The molecule has 1 nitrogen and oxygen atoms in total. The zero-order valence-corrected chi connectivity index (χ0v) is 23.6. The second-order valence-corrected chi connectivity index (χ2v) is 14.3. The Bertz CT molecular complexity index is 929. The maximum Gasteiger partial charge on any atom is 0.0659 e. The molecule has 6 unspecified atom stereocenters. The van der Waals surface area contributed by atoms with Crippen molar-refractivity contribution >= 4 is 0 Å². The van der Waals surface area contributed by atoms with Crippen LogP contribution in [0.15, 0.2) is 30.4 Å². The number of rotatable bonds is 7. The molecule has 198 valence electrons. The summed E-state index contributed by atoms with van der Waals surface area (Å²) < 4.78 is 6.78. The highest BCUT2D eigenvalue weighted by atomic mass is 16.5. The predicted molar refractivity (Wildman–Crippen MR) is 151 cm³/mol. The molecule has 3 saturated carbocycles. The Morgan fingerprint density at radius 1 is 0.778 bits per heavy atom. The van der Waals surface area contributed by atoms with Crippen LogP contribution >= 0.6 is 0 Å². The summed E-state index contributed by atoms with van der Waals surface area (Å²) >= 11 is 0. The number of allylic oxidation sites excluding steroid dienone is 2. The van der Waals surface area contributed by atoms with Crippen LogP contribution < -0.4 is 0 Å². The van der Waals surface area contributed by atoms with Crippen molar-refractivity contribution in [2.75, 3.05) is 0 Å². The first-order chi connectivity index (χ1) is 17.5. The van der Waals surface area contributed by atoms with Gasteiger partial charge >= 0.3 is 0 Å². The third-order valence-electron chi connectivity index (χ3n) is 11.6. The van der Waals surface area contributed by atoms with E-state index in [0.717, 1.165) is 66.1 Å². The molecule has 0 bridgehead atoms. The Morgan fingerprint density at radius 2 is 1.53 bits per heavy atom. The van der Waals surface area contributed by atoms with E-state index in [2.05, 4.69) is 58.0 Å². The zero-order valence-electron chi connectivity index (χ0n) is 23.6. The molecule has 10 atom stereocenters. The smallest absolute Gasteiger partial charge is 0.0659 e. The van der Waals surface area contributed by atoms with E-state index in [1.807, 2.05) is 0 Å². The molecular formula is C35H52O. The Labute approximate surface area is 221 Å². The van der Waals surface area contributed by atoms with Gasteiger partial charge in [0.1, 0.15) is 0 Å². The molecule has 0 aliphatic heterocycles. The van der Waals surface area contributed by atoms with Crippen LogP contribution in [0.3, 0.4) is 0 Å². The van der Waals surface area contributed by atoms with Crippen LogP contribution in [0.5, 0.6) is 0 Å². The van der Waals surface area contributed by atoms with Crippen molar-refractivity contribution in [3.05, 3.63) is 47.0 Å². The van der Waals surface area contributed by atoms with E-state index < -0.39 is 0 Å². The van der Waals surface area contributed by atoms with Gasteiger partial charge in [0, 0.05) is 0 Å². The van der Waals surface area contributed by atoms with Gasteiger partial charge in [-0.3, -0.25) is 0 Å². The number of benzene rings is 1. The third kappa shape index (κ3) is 5.00. The first kappa shape index (κ1) is 25.2. The minimum absolute atomic E-state index is 0.414. The standard InChI is InChI=1S/C35H52O/c1-22(2)6-5-7-24(4)30-14-15-35-32(30)16-17-33-31-13-11-28(20-26(31)10-12-34(33)35)36-29-19-25-9-8-23(3)18-27(25)21-29/h8-10,12,18,22,24,26,28-35H,5-7,11,13-17,19-21H2,1-4H3/t24?,26?,28-,29?,30+,31?,32?,33+,34?,35+/m1/s1. The molecule has 0 N–H and O–H groups in total. The summed E-state index contributed by atoms with van der Waals surface area (Å²) in [5.41, 5.74) is 4.45. The van der Waals surface area contributed by atoms with E-state index in [4.69, 9.17) is 4.74 Å². The molecule has 0 aromatic heterocycles. The van der Waals surface area contributed by atoms with Crippen LogP contribution in [-0.2, 0) is 17.6 Å². The lowest BCUT2D eigenvalue weighted by Crippen LogP contribution is -2.44. The van der Waals surface area contributed by atoms with E-state index in [1.54, 1.807) is 0 Å². The number of hydrogen-bond acceptors (Lipinski definition) is 1. The second-order valence-electron chi connectivity index (χ2n) is 14.3. The third-order valence-corrected chi connectivity index (χ3v) is 11.6. The number of hydrogen-bond donors (Lipinski definition) is 0. The second kappa shape index (κ2) is 10.6. The monoisotopic (exact) mass is 488 g/mol. The van der Waals surface area contributed by atoms with Gasteiger partial charge in [-0.1, -0.05) is 75.9 Å². The largest absolute Gasteiger partial charge is 0.374 e. The summed E-state index contributed by atoms with van der Waals surface area (Å²) in [6.45, 7) is 9.58. The maximum atomic E-state index is 6.78. The lowest BCUT2D eigenvalue weighted by Gasteiger charge is -2.51. The quantitative estimate of drug-likeness (QED) is 0.348. The van der Waals surface area contributed by atoms with Crippen LogP contribution in [0.2, 0.25) is 0 Å². The van der Waals surface area contributed by atoms with Crippen molar-refractivity contribution in [3.8, 4) is 0 Å². The summed E-state index contributed by atoms with van der Waals surface area (Å²) in [4.78, 5) is 0. The highest BCUT2D eigenvalue weighted by Crippen LogP contribution is 2.58. The lowest BCUT2D eigenvalue weighted by atomic mass is 9.55. The van der Waals surface area contributed by atoms with Crippen molar-refractivity contribution in [1.82, 2.24) is 0 Å². The topological polar surface area (TPSA) is 9.23 Å². The molecule has 0 amide bonds. The van der Waals surface area contributed by atoms with E-state index in [-0.39, 0.29) is 0 Å². The van der Waals surface area contributed by atoms with Crippen LogP contribution in [0.1, 0.15) is 102 Å². The van der Waals surface area contributed by atoms with Gasteiger partial charge in [0.2, 0.25) is 0 Å². The van der Waals surface area contributed by atoms with Gasteiger partial charge in [-0.15, -0.1) is 0 Å². The van der Waals surface area contributed by atoms with Gasteiger partial charge in [0.05, 0.1) is 12.2 Å². The number of aryl methyl sites for hydroxylation is 1. The zero-order chi connectivity index (χ0) is 24.8. The van der Waals surface area contributed by atoms with Gasteiger partial charge in [-0.05, 0) is 129 Å². The number of ether oxygens (including phenoxy) is 1. The Kier molecular flexibility index (Phi) is 7.42. The molecule has 1 aromatic carbocycles. The fourth-order valence-electron chi connectivity index (χ4n) is 9.90. The van der Waals surface area contributed by atoms with Crippen molar-refractivity contribution < 1.29 is 4.74 Å². The molecule has 36 heavy (non-hydrogen) atoms. The molecule has 5 aliphatic rings. The van der Waals surface area contributed by atoms with Crippen molar-refractivity contribution in [2.24, 2.45) is 53.3 Å². The molecule has 0 heterocycles. The van der Waals surface area contributed by atoms with Crippen LogP contribution in [0, 0.1) is 60.2 Å². The fourth-order valence-corrected chi connectivity index (χ4v) is 9.90. The highest BCUT2D eigenvalue weighted by Gasteiger charge is 2.51. The molecule has 3 fully saturated rings.